The van der Waals surface area contributed by atoms with Crippen LogP contribution in [-0.4, -0.2) is 14.8 Å². The van der Waals surface area contributed by atoms with Gasteiger partial charge in [0.2, 0.25) is 0 Å². The normalized spacial score (nSPS) is 11.7. The van der Waals surface area contributed by atoms with E-state index in [1.165, 1.54) is 19.4 Å². The molecule has 2 aromatic rings. The average molecular weight is 283 g/mol. The predicted octanol–water partition coefficient (Wildman–Crippen LogP) is 2.42. The van der Waals surface area contributed by atoms with E-state index in [0.29, 0.717) is 23.2 Å². The summed E-state index contributed by atoms with van der Waals surface area (Å²) in [5.41, 5.74) is -0.852. The summed E-state index contributed by atoms with van der Waals surface area (Å²) < 4.78 is 39.8. The molecule has 0 fully saturated rings. The molecular formula is C13H12F3N3O. The highest BCUT2D eigenvalue weighted by molar-refractivity contribution is 5.65. The van der Waals surface area contributed by atoms with Gasteiger partial charge in [-0.3, -0.25) is 4.79 Å². The van der Waals surface area contributed by atoms with Crippen molar-refractivity contribution in [2.24, 2.45) is 7.05 Å². The van der Waals surface area contributed by atoms with E-state index in [1.807, 2.05) is 0 Å². The van der Waals surface area contributed by atoms with Gasteiger partial charge in [0, 0.05) is 23.9 Å². The van der Waals surface area contributed by atoms with Crippen LogP contribution in [0.3, 0.4) is 0 Å². The van der Waals surface area contributed by atoms with Crippen LogP contribution in [0.1, 0.15) is 18.2 Å². The molecule has 0 N–H and O–H groups in total. The second-order valence-corrected chi connectivity index (χ2v) is 4.26. The molecule has 4 nitrogen and oxygen atoms in total. The van der Waals surface area contributed by atoms with Crippen molar-refractivity contribution in [3.63, 3.8) is 0 Å². The summed E-state index contributed by atoms with van der Waals surface area (Å²) in [4.78, 5) is 11.8. The number of hydrogen-bond acceptors (Lipinski definition) is 3. The fourth-order valence-corrected chi connectivity index (χ4v) is 2.10. The molecule has 7 heteroatoms. The number of hydrogen-bond donors (Lipinski definition) is 0. The molecule has 0 radical (unpaired) electrons. The molecule has 0 unspecified atom stereocenters. The largest absolute Gasteiger partial charge is 0.421 e. The molecule has 0 spiro atoms. The van der Waals surface area contributed by atoms with Crippen LogP contribution in [0.15, 0.2) is 29.3 Å². The SMILES string of the molecule is CCc1c(-c2ccnnc2)cc(C(F)(F)F)c(=O)n1C. The minimum atomic E-state index is -4.68. The van der Waals surface area contributed by atoms with Gasteiger partial charge in [-0.2, -0.15) is 23.4 Å². The third-order valence-electron chi connectivity index (χ3n) is 3.08. The van der Waals surface area contributed by atoms with Gasteiger partial charge in [0.15, 0.2) is 0 Å². The topological polar surface area (TPSA) is 47.8 Å². The molecule has 0 saturated heterocycles. The summed E-state index contributed by atoms with van der Waals surface area (Å²) >= 11 is 0. The third kappa shape index (κ3) is 2.43. The molecule has 0 aliphatic carbocycles. The van der Waals surface area contributed by atoms with E-state index in [1.54, 1.807) is 13.0 Å². The Morgan fingerprint density at radius 1 is 1.30 bits per heavy atom. The Hall–Kier alpha value is -2.18. The minimum Gasteiger partial charge on any atom is -0.315 e. The second kappa shape index (κ2) is 5.07. The standard InChI is InChI=1S/C13H12F3N3O/c1-3-11-9(8-4-5-17-18-7-8)6-10(13(14,15)16)12(20)19(11)2/h4-7H,3H2,1-2H3. The summed E-state index contributed by atoms with van der Waals surface area (Å²) in [6.45, 7) is 1.78. The van der Waals surface area contributed by atoms with Gasteiger partial charge in [-0.1, -0.05) is 6.92 Å². The molecule has 0 amide bonds. The molecule has 0 saturated carbocycles. The first kappa shape index (κ1) is 14.2. The van der Waals surface area contributed by atoms with Gasteiger partial charge in [-0.25, -0.2) is 0 Å². The molecule has 0 aliphatic heterocycles. The number of nitrogens with zero attached hydrogens (tertiary/aromatic N) is 3. The summed E-state index contributed by atoms with van der Waals surface area (Å²) in [6.07, 6.45) is -1.48. The Labute approximate surface area is 112 Å². The molecule has 0 bridgehead atoms. The van der Waals surface area contributed by atoms with Gasteiger partial charge in [-0.15, -0.1) is 0 Å². The number of rotatable bonds is 2. The lowest BCUT2D eigenvalue weighted by Gasteiger charge is -2.16. The van der Waals surface area contributed by atoms with Crippen molar-refractivity contribution in [2.45, 2.75) is 19.5 Å². The molecule has 2 aromatic heterocycles. The Balaban J connectivity index is 2.80. The van der Waals surface area contributed by atoms with Crippen LogP contribution in [0.2, 0.25) is 0 Å². The van der Waals surface area contributed by atoms with Crippen LogP contribution in [0.25, 0.3) is 11.1 Å². The number of halogens is 3. The van der Waals surface area contributed by atoms with Gasteiger partial charge >= 0.3 is 6.18 Å². The second-order valence-electron chi connectivity index (χ2n) is 4.26. The molecular weight excluding hydrogens is 271 g/mol. The quantitative estimate of drug-likeness (QED) is 0.850. The van der Waals surface area contributed by atoms with Crippen molar-refractivity contribution in [1.29, 1.82) is 0 Å². The zero-order valence-corrected chi connectivity index (χ0v) is 10.9. The van der Waals surface area contributed by atoms with Crippen LogP contribution in [0.5, 0.6) is 0 Å². The number of pyridine rings is 1. The molecule has 106 valence electrons. The van der Waals surface area contributed by atoms with Gasteiger partial charge in [0.25, 0.3) is 5.56 Å². The highest BCUT2D eigenvalue weighted by atomic mass is 19.4. The van der Waals surface area contributed by atoms with Gasteiger partial charge in [0.1, 0.15) is 5.56 Å². The van der Waals surface area contributed by atoms with Crippen molar-refractivity contribution >= 4 is 0 Å². The van der Waals surface area contributed by atoms with Crippen molar-refractivity contribution in [3.05, 3.63) is 46.1 Å². The minimum absolute atomic E-state index is 0.344. The fraction of sp³-hybridized carbons (Fsp3) is 0.308. The number of alkyl halides is 3. The molecule has 0 aliphatic rings. The number of aromatic nitrogens is 3. The molecule has 0 atom stereocenters. The lowest BCUT2D eigenvalue weighted by molar-refractivity contribution is -0.138. The zero-order chi connectivity index (χ0) is 14.9. The fourth-order valence-electron chi connectivity index (χ4n) is 2.10. The molecule has 0 aromatic carbocycles. The first-order chi connectivity index (χ1) is 9.36. The zero-order valence-electron chi connectivity index (χ0n) is 10.9. The van der Waals surface area contributed by atoms with Crippen molar-refractivity contribution in [2.75, 3.05) is 0 Å². The maximum atomic E-state index is 12.9. The van der Waals surface area contributed by atoms with E-state index >= 15 is 0 Å². The van der Waals surface area contributed by atoms with E-state index in [9.17, 15) is 18.0 Å². The van der Waals surface area contributed by atoms with Crippen molar-refractivity contribution < 1.29 is 13.2 Å². The maximum Gasteiger partial charge on any atom is 0.421 e. The van der Waals surface area contributed by atoms with Crippen LogP contribution in [0, 0.1) is 0 Å². The average Bonchev–Trinajstić information content (AvgIpc) is 2.41. The summed E-state index contributed by atoms with van der Waals surface area (Å²) in [5.74, 6) is 0. The summed E-state index contributed by atoms with van der Waals surface area (Å²) in [7, 11) is 1.34. The Morgan fingerprint density at radius 3 is 2.50 bits per heavy atom. The van der Waals surface area contributed by atoms with Crippen LogP contribution in [0.4, 0.5) is 13.2 Å². The molecule has 2 heterocycles. The van der Waals surface area contributed by atoms with Crippen LogP contribution in [-0.2, 0) is 19.6 Å². The van der Waals surface area contributed by atoms with Gasteiger partial charge in [0.05, 0.1) is 12.4 Å². The van der Waals surface area contributed by atoms with Gasteiger partial charge < -0.3 is 4.57 Å². The molecule has 2 rings (SSSR count). The van der Waals surface area contributed by atoms with E-state index in [-0.39, 0.29) is 0 Å². The van der Waals surface area contributed by atoms with Crippen molar-refractivity contribution in [3.8, 4) is 11.1 Å². The molecule has 20 heavy (non-hydrogen) atoms. The van der Waals surface area contributed by atoms with E-state index in [2.05, 4.69) is 10.2 Å². The van der Waals surface area contributed by atoms with Crippen molar-refractivity contribution in [1.82, 2.24) is 14.8 Å². The lowest BCUT2D eigenvalue weighted by atomic mass is 10.0. The monoisotopic (exact) mass is 283 g/mol. The predicted molar refractivity (Wildman–Crippen MR) is 67.1 cm³/mol. The first-order valence-electron chi connectivity index (χ1n) is 5.93. The van der Waals surface area contributed by atoms with E-state index in [0.717, 1.165) is 10.6 Å². The Bertz CT molecular complexity index is 678. The van der Waals surface area contributed by atoms with Crippen LogP contribution >= 0.6 is 0 Å². The first-order valence-corrected chi connectivity index (χ1v) is 5.93. The Kier molecular flexibility index (Phi) is 3.61. The van der Waals surface area contributed by atoms with Crippen LogP contribution < -0.4 is 5.56 Å². The highest BCUT2D eigenvalue weighted by Gasteiger charge is 2.35. The van der Waals surface area contributed by atoms with E-state index < -0.39 is 17.3 Å². The lowest BCUT2D eigenvalue weighted by Crippen LogP contribution is -2.29. The maximum absolute atomic E-state index is 12.9. The smallest absolute Gasteiger partial charge is 0.315 e. The van der Waals surface area contributed by atoms with E-state index in [4.69, 9.17) is 0 Å². The highest BCUT2D eigenvalue weighted by Crippen LogP contribution is 2.31. The van der Waals surface area contributed by atoms with Gasteiger partial charge in [-0.05, 0) is 18.6 Å². The summed E-state index contributed by atoms with van der Waals surface area (Å²) in [5, 5.41) is 7.26. The Morgan fingerprint density at radius 2 is 2.00 bits per heavy atom. The summed E-state index contributed by atoms with van der Waals surface area (Å²) in [6, 6.07) is 2.45. The third-order valence-corrected chi connectivity index (χ3v) is 3.08.